The predicted molar refractivity (Wildman–Crippen MR) is 110 cm³/mol. The lowest BCUT2D eigenvalue weighted by molar-refractivity contribution is 0.0579. The molecule has 0 bridgehead atoms. The number of rotatable bonds is 6. The van der Waals surface area contributed by atoms with Crippen LogP contribution in [0.4, 0.5) is 5.69 Å². The van der Waals surface area contributed by atoms with Crippen molar-refractivity contribution in [3.8, 4) is 11.5 Å². The van der Waals surface area contributed by atoms with Crippen LogP contribution in [0.2, 0.25) is 0 Å². The molecule has 7 heteroatoms. The first kappa shape index (κ1) is 20.1. The van der Waals surface area contributed by atoms with Gasteiger partial charge in [0.2, 0.25) is 0 Å². The van der Waals surface area contributed by atoms with E-state index in [1.165, 1.54) is 25.7 Å². The van der Waals surface area contributed by atoms with E-state index < -0.39 is 0 Å². The van der Waals surface area contributed by atoms with Crippen molar-refractivity contribution < 1.29 is 14.2 Å². The Balaban J connectivity index is 0.00000225. The van der Waals surface area contributed by atoms with Gasteiger partial charge in [0.25, 0.3) is 0 Å². The molecule has 140 valence electrons. The number of aliphatic imine (C=N–C) groups is 1. The third kappa shape index (κ3) is 6.54. The number of nitrogens with zero attached hydrogens (tertiary/aromatic N) is 1. The molecule has 1 aromatic carbocycles. The zero-order valence-corrected chi connectivity index (χ0v) is 16.9. The first-order valence-corrected chi connectivity index (χ1v) is 8.89. The second kappa shape index (κ2) is 10.7. The standard InChI is InChI=1S/C18H27N3O3.HI/c19-18(20-9-3-10-22-15-5-1-2-6-15)21-14-7-8-16-17(13-14)24-12-4-11-23-16;/h7-8,13,15H,1-6,9-12H2,(H3,19,20,21);1H. The molecule has 1 saturated carbocycles. The highest BCUT2D eigenvalue weighted by atomic mass is 127. The van der Waals surface area contributed by atoms with Crippen molar-refractivity contribution in [2.75, 3.05) is 31.7 Å². The van der Waals surface area contributed by atoms with Crippen molar-refractivity contribution >= 4 is 35.6 Å². The minimum absolute atomic E-state index is 0. The van der Waals surface area contributed by atoms with E-state index in [-0.39, 0.29) is 24.0 Å². The number of hydrogen-bond acceptors (Lipinski definition) is 4. The van der Waals surface area contributed by atoms with E-state index in [9.17, 15) is 0 Å². The molecule has 0 aromatic heterocycles. The Labute approximate surface area is 166 Å². The molecule has 1 heterocycles. The molecule has 0 unspecified atom stereocenters. The molecule has 0 atom stereocenters. The number of nitrogens with one attached hydrogen (secondary N) is 1. The smallest absolute Gasteiger partial charge is 0.193 e. The molecule has 3 N–H and O–H groups in total. The molecule has 3 rings (SSSR count). The first-order chi connectivity index (χ1) is 11.8. The molecule has 2 aliphatic rings. The van der Waals surface area contributed by atoms with E-state index in [0.717, 1.165) is 36.6 Å². The molecular formula is C18H28IN3O3. The van der Waals surface area contributed by atoms with Gasteiger partial charge in [-0.05, 0) is 31.4 Å². The van der Waals surface area contributed by atoms with Crippen molar-refractivity contribution in [3.63, 3.8) is 0 Å². The van der Waals surface area contributed by atoms with Crippen LogP contribution in [0.5, 0.6) is 11.5 Å². The summed E-state index contributed by atoms with van der Waals surface area (Å²) in [5.74, 6) is 1.93. The maximum Gasteiger partial charge on any atom is 0.193 e. The lowest BCUT2D eigenvalue weighted by atomic mass is 10.3. The number of nitrogens with two attached hydrogens (primary N) is 1. The molecule has 6 nitrogen and oxygen atoms in total. The summed E-state index contributed by atoms with van der Waals surface area (Å²) in [7, 11) is 0. The number of halogens is 1. The third-order valence-corrected chi connectivity index (χ3v) is 4.26. The predicted octanol–water partition coefficient (Wildman–Crippen LogP) is 3.54. The van der Waals surface area contributed by atoms with Crippen LogP contribution in [0.15, 0.2) is 23.2 Å². The zero-order chi connectivity index (χ0) is 16.6. The maximum atomic E-state index is 5.94. The Hall–Kier alpha value is -1.22. The third-order valence-electron chi connectivity index (χ3n) is 4.26. The fourth-order valence-electron chi connectivity index (χ4n) is 3.00. The molecule has 0 amide bonds. The monoisotopic (exact) mass is 461 g/mol. The Bertz CT molecular complexity index is 562. The van der Waals surface area contributed by atoms with Gasteiger partial charge in [-0.3, -0.25) is 4.99 Å². The second-order valence-electron chi connectivity index (χ2n) is 6.23. The summed E-state index contributed by atoms with van der Waals surface area (Å²) >= 11 is 0. The fraction of sp³-hybridized carbons (Fsp3) is 0.611. The van der Waals surface area contributed by atoms with E-state index in [2.05, 4.69) is 10.3 Å². The minimum Gasteiger partial charge on any atom is -0.490 e. The van der Waals surface area contributed by atoms with Crippen molar-refractivity contribution in [3.05, 3.63) is 18.2 Å². The number of ether oxygens (including phenoxy) is 3. The van der Waals surface area contributed by atoms with E-state index in [0.29, 0.717) is 31.8 Å². The van der Waals surface area contributed by atoms with Gasteiger partial charge >= 0.3 is 0 Å². The van der Waals surface area contributed by atoms with Gasteiger partial charge in [-0.2, -0.15) is 0 Å². The topological polar surface area (TPSA) is 78.1 Å². The molecule has 1 aliphatic heterocycles. The number of fused-ring (bicyclic) bond motifs is 1. The van der Waals surface area contributed by atoms with Crippen LogP contribution in [0.3, 0.4) is 0 Å². The number of guanidine groups is 1. The first-order valence-electron chi connectivity index (χ1n) is 8.89. The van der Waals surface area contributed by atoms with Gasteiger partial charge in [-0.1, -0.05) is 12.8 Å². The highest BCUT2D eigenvalue weighted by molar-refractivity contribution is 14.0. The van der Waals surface area contributed by atoms with E-state index >= 15 is 0 Å². The van der Waals surface area contributed by atoms with Crippen LogP contribution >= 0.6 is 24.0 Å². The quantitative estimate of drug-likeness (QED) is 0.293. The van der Waals surface area contributed by atoms with Gasteiger partial charge in [-0.25, -0.2) is 0 Å². The molecule has 0 saturated heterocycles. The van der Waals surface area contributed by atoms with E-state index in [1.807, 2.05) is 18.2 Å². The summed E-state index contributed by atoms with van der Waals surface area (Å²) in [5.41, 5.74) is 6.79. The van der Waals surface area contributed by atoms with Crippen LogP contribution in [0.1, 0.15) is 38.5 Å². The van der Waals surface area contributed by atoms with Gasteiger partial charge in [0.15, 0.2) is 17.5 Å². The number of benzene rings is 1. The molecule has 1 aromatic rings. The van der Waals surface area contributed by atoms with Crippen LogP contribution in [0, 0.1) is 0 Å². The summed E-state index contributed by atoms with van der Waals surface area (Å²) < 4.78 is 17.1. The van der Waals surface area contributed by atoms with Crippen LogP contribution in [0.25, 0.3) is 0 Å². The highest BCUT2D eigenvalue weighted by Crippen LogP contribution is 2.32. The summed E-state index contributed by atoms with van der Waals surface area (Å²) in [6.07, 6.45) is 7.26. The summed E-state index contributed by atoms with van der Waals surface area (Å²) in [5, 5.41) is 3.10. The summed E-state index contributed by atoms with van der Waals surface area (Å²) in [4.78, 5) is 4.35. The van der Waals surface area contributed by atoms with Crippen molar-refractivity contribution in [1.29, 1.82) is 0 Å². The van der Waals surface area contributed by atoms with Crippen molar-refractivity contribution in [2.45, 2.75) is 44.6 Å². The Kier molecular flexibility index (Phi) is 8.60. The van der Waals surface area contributed by atoms with Crippen LogP contribution in [-0.2, 0) is 4.74 Å². The van der Waals surface area contributed by atoms with Crippen molar-refractivity contribution in [1.82, 2.24) is 0 Å². The molecule has 1 fully saturated rings. The normalized spacial score (nSPS) is 17.7. The SMILES string of the molecule is I.NC(=NCCCOC1CCCC1)Nc1ccc2c(c1)OCCCO2. The molecular weight excluding hydrogens is 433 g/mol. The minimum atomic E-state index is 0. The van der Waals surface area contributed by atoms with Gasteiger partial charge in [0.05, 0.1) is 19.3 Å². The van der Waals surface area contributed by atoms with Crippen LogP contribution < -0.4 is 20.5 Å². The van der Waals surface area contributed by atoms with Gasteiger partial charge in [0, 0.05) is 31.3 Å². The molecule has 0 spiro atoms. The van der Waals surface area contributed by atoms with E-state index in [1.54, 1.807) is 0 Å². The lowest BCUT2D eigenvalue weighted by Crippen LogP contribution is -2.23. The Morgan fingerprint density at radius 2 is 1.92 bits per heavy atom. The average molecular weight is 461 g/mol. The van der Waals surface area contributed by atoms with E-state index in [4.69, 9.17) is 19.9 Å². The largest absolute Gasteiger partial charge is 0.490 e. The zero-order valence-electron chi connectivity index (χ0n) is 14.5. The van der Waals surface area contributed by atoms with Crippen LogP contribution in [-0.4, -0.2) is 38.4 Å². The molecule has 1 aliphatic carbocycles. The average Bonchev–Trinajstić information content (AvgIpc) is 2.98. The number of hydrogen-bond donors (Lipinski definition) is 2. The Morgan fingerprint density at radius 3 is 2.72 bits per heavy atom. The van der Waals surface area contributed by atoms with Crippen molar-refractivity contribution in [2.24, 2.45) is 10.7 Å². The number of anilines is 1. The lowest BCUT2D eigenvalue weighted by Gasteiger charge is -2.11. The Morgan fingerprint density at radius 1 is 1.16 bits per heavy atom. The molecule has 0 radical (unpaired) electrons. The highest BCUT2D eigenvalue weighted by Gasteiger charge is 2.14. The van der Waals surface area contributed by atoms with Gasteiger partial charge in [0.1, 0.15) is 0 Å². The molecule has 25 heavy (non-hydrogen) atoms. The van der Waals surface area contributed by atoms with Gasteiger partial charge < -0.3 is 25.3 Å². The fourth-order valence-corrected chi connectivity index (χ4v) is 3.00. The second-order valence-corrected chi connectivity index (χ2v) is 6.23. The van der Waals surface area contributed by atoms with Gasteiger partial charge in [-0.15, -0.1) is 24.0 Å². The summed E-state index contributed by atoms with van der Waals surface area (Å²) in [6.45, 7) is 2.77. The summed E-state index contributed by atoms with van der Waals surface area (Å²) in [6, 6.07) is 5.71. The maximum absolute atomic E-state index is 5.94.